The van der Waals surface area contributed by atoms with Gasteiger partial charge in [0.2, 0.25) is 5.91 Å². The van der Waals surface area contributed by atoms with Crippen molar-refractivity contribution >= 4 is 22.4 Å². The summed E-state index contributed by atoms with van der Waals surface area (Å²) < 4.78 is 25.3. The molecule has 1 amide bonds. The lowest BCUT2D eigenvalue weighted by atomic mass is 10.2. The van der Waals surface area contributed by atoms with Crippen molar-refractivity contribution in [3.63, 3.8) is 0 Å². The first-order chi connectivity index (χ1) is 9.58. The predicted octanol–water partition coefficient (Wildman–Crippen LogP) is 1.92. The van der Waals surface area contributed by atoms with E-state index >= 15 is 0 Å². The molecule has 1 fully saturated rings. The summed E-state index contributed by atoms with van der Waals surface area (Å²) in [6, 6.07) is 3.73. The highest BCUT2D eigenvalue weighted by Crippen LogP contribution is 2.18. The van der Waals surface area contributed by atoms with E-state index < -0.39 is 16.6 Å². The summed E-state index contributed by atoms with van der Waals surface area (Å²) in [4.78, 5) is 14.1. The third-order valence-corrected chi connectivity index (χ3v) is 4.79. The quantitative estimate of drug-likeness (QED) is 0.867. The molecule has 1 saturated heterocycles. The first-order valence-corrected chi connectivity index (χ1v) is 8.11. The summed E-state index contributed by atoms with van der Waals surface area (Å²) in [7, 11) is -1.60. The zero-order valence-electron chi connectivity index (χ0n) is 11.3. The largest absolute Gasteiger partial charge is 0.398 e. The zero-order valence-corrected chi connectivity index (χ0v) is 12.1. The summed E-state index contributed by atoms with van der Waals surface area (Å²) in [5.41, 5.74) is 5.94. The number of nitrogen functional groups attached to an aromatic ring is 1. The van der Waals surface area contributed by atoms with Gasteiger partial charge in [-0.1, -0.05) is 12.8 Å². The molecule has 0 saturated carbocycles. The molecule has 0 bridgehead atoms. The third-order valence-electron chi connectivity index (χ3n) is 3.43. The number of benzene rings is 1. The zero-order chi connectivity index (χ0) is 14.5. The topological polar surface area (TPSA) is 63.4 Å². The molecule has 1 aromatic carbocycles. The van der Waals surface area contributed by atoms with Crippen LogP contribution in [0.2, 0.25) is 0 Å². The number of anilines is 1. The maximum Gasteiger partial charge on any atom is 0.235 e. The van der Waals surface area contributed by atoms with Crippen LogP contribution in [0.3, 0.4) is 0 Å². The summed E-state index contributed by atoms with van der Waals surface area (Å²) in [6.45, 7) is 1.43. The van der Waals surface area contributed by atoms with Crippen molar-refractivity contribution in [3.05, 3.63) is 24.0 Å². The summed E-state index contributed by atoms with van der Waals surface area (Å²) in [6.07, 6.45) is 4.23. The molecule has 1 aromatic rings. The van der Waals surface area contributed by atoms with Crippen LogP contribution >= 0.6 is 0 Å². The number of carbonyl (C=O) groups is 1. The molecule has 20 heavy (non-hydrogen) atoms. The lowest BCUT2D eigenvalue weighted by Crippen LogP contribution is -2.35. The molecule has 0 radical (unpaired) electrons. The molecule has 6 heteroatoms. The first kappa shape index (κ1) is 15.0. The van der Waals surface area contributed by atoms with E-state index in [9.17, 15) is 13.4 Å². The number of nitrogens with zero attached hydrogens (tertiary/aromatic N) is 1. The molecular weight excluding hydrogens is 279 g/mol. The van der Waals surface area contributed by atoms with E-state index in [1.54, 1.807) is 4.90 Å². The van der Waals surface area contributed by atoms with Crippen molar-refractivity contribution in [2.75, 3.05) is 24.6 Å². The van der Waals surface area contributed by atoms with E-state index in [1.165, 1.54) is 12.1 Å². The molecule has 2 N–H and O–H groups in total. The molecule has 0 aromatic heterocycles. The van der Waals surface area contributed by atoms with Gasteiger partial charge in [-0.2, -0.15) is 0 Å². The van der Waals surface area contributed by atoms with Crippen molar-refractivity contribution < 1.29 is 13.4 Å². The standard InChI is InChI=1S/C14H19FN2O2S/c15-11-5-6-12(16)13(9-11)20(19)10-14(18)17-7-3-1-2-4-8-17/h5-6,9H,1-4,7-8,10,16H2. The number of amides is 1. The summed E-state index contributed by atoms with van der Waals surface area (Å²) in [5.74, 6) is -0.771. The fourth-order valence-corrected chi connectivity index (χ4v) is 3.44. The maximum absolute atomic E-state index is 13.2. The Morgan fingerprint density at radius 1 is 1.25 bits per heavy atom. The molecular formula is C14H19FN2O2S. The molecule has 0 spiro atoms. The molecule has 1 aliphatic heterocycles. The van der Waals surface area contributed by atoms with Gasteiger partial charge in [0.1, 0.15) is 11.6 Å². The van der Waals surface area contributed by atoms with E-state index in [0.717, 1.165) is 31.7 Å². The number of hydrogen-bond donors (Lipinski definition) is 1. The molecule has 4 nitrogen and oxygen atoms in total. The second-order valence-corrected chi connectivity index (χ2v) is 6.39. The normalized spacial score (nSPS) is 17.6. The minimum absolute atomic E-state index is 0.131. The number of carbonyl (C=O) groups excluding carboxylic acids is 1. The fraction of sp³-hybridized carbons (Fsp3) is 0.500. The van der Waals surface area contributed by atoms with Crippen LogP contribution in [0.25, 0.3) is 0 Å². The van der Waals surface area contributed by atoms with Gasteiger partial charge in [-0.3, -0.25) is 9.00 Å². The van der Waals surface area contributed by atoms with E-state index in [-0.39, 0.29) is 22.2 Å². The maximum atomic E-state index is 13.2. The highest BCUT2D eigenvalue weighted by atomic mass is 32.2. The van der Waals surface area contributed by atoms with Gasteiger partial charge in [0.15, 0.2) is 0 Å². The van der Waals surface area contributed by atoms with Crippen LogP contribution < -0.4 is 5.73 Å². The SMILES string of the molecule is Nc1ccc(F)cc1S(=O)CC(=O)N1CCCCCC1. The van der Waals surface area contributed by atoms with Gasteiger partial charge in [-0.25, -0.2) is 4.39 Å². The Labute approximate surface area is 120 Å². The average molecular weight is 298 g/mol. The molecule has 1 atom stereocenters. The molecule has 1 heterocycles. The molecule has 0 aliphatic carbocycles. The Bertz CT molecular complexity index is 514. The van der Waals surface area contributed by atoms with Gasteiger partial charge < -0.3 is 10.6 Å². The average Bonchev–Trinajstić information content (AvgIpc) is 2.70. The van der Waals surface area contributed by atoms with Gasteiger partial charge in [0.25, 0.3) is 0 Å². The molecule has 1 aliphatic rings. The van der Waals surface area contributed by atoms with Crippen LogP contribution in [0.5, 0.6) is 0 Å². The van der Waals surface area contributed by atoms with E-state index in [1.807, 2.05) is 0 Å². The van der Waals surface area contributed by atoms with Gasteiger partial charge in [-0.05, 0) is 31.0 Å². The van der Waals surface area contributed by atoms with Crippen LogP contribution in [-0.4, -0.2) is 33.9 Å². The van der Waals surface area contributed by atoms with Gasteiger partial charge in [0, 0.05) is 18.8 Å². The molecule has 110 valence electrons. The van der Waals surface area contributed by atoms with Crippen molar-refractivity contribution in [2.24, 2.45) is 0 Å². The van der Waals surface area contributed by atoms with Crippen molar-refractivity contribution in [1.29, 1.82) is 0 Å². The molecule has 2 rings (SSSR count). The predicted molar refractivity (Wildman–Crippen MR) is 77.1 cm³/mol. The number of hydrogen-bond acceptors (Lipinski definition) is 3. The minimum atomic E-state index is -1.60. The van der Waals surface area contributed by atoms with Crippen molar-refractivity contribution in [1.82, 2.24) is 4.90 Å². The lowest BCUT2D eigenvalue weighted by Gasteiger charge is -2.20. The Morgan fingerprint density at radius 3 is 2.55 bits per heavy atom. The number of nitrogens with two attached hydrogens (primary N) is 1. The Kier molecular flexibility index (Phi) is 5.11. The Balaban J connectivity index is 2.03. The summed E-state index contributed by atoms with van der Waals surface area (Å²) in [5, 5.41) is 0. The highest BCUT2D eigenvalue weighted by molar-refractivity contribution is 7.86. The number of likely N-dealkylation sites (tertiary alicyclic amines) is 1. The molecule has 1 unspecified atom stereocenters. The second-order valence-electron chi connectivity index (χ2n) is 4.97. The van der Waals surface area contributed by atoms with Gasteiger partial charge >= 0.3 is 0 Å². The van der Waals surface area contributed by atoms with Crippen molar-refractivity contribution in [2.45, 2.75) is 30.6 Å². The lowest BCUT2D eigenvalue weighted by molar-refractivity contribution is -0.128. The van der Waals surface area contributed by atoms with Crippen LogP contribution in [0.1, 0.15) is 25.7 Å². The summed E-state index contributed by atoms with van der Waals surface area (Å²) >= 11 is 0. The third kappa shape index (κ3) is 3.79. The fourth-order valence-electron chi connectivity index (χ4n) is 2.31. The van der Waals surface area contributed by atoms with Crippen LogP contribution in [-0.2, 0) is 15.6 Å². The van der Waals surface area contributed by atoms with E-state index in [4.69, 9.17) is 5.73 Å². The van der Waals surface area contributed by atoms with Crippen molar-refractivity contribution in [3.8, 4) is 0 Å². The number of rotatable bonds is 3. The second kappa shape index (κ2) is 6.83. The minimum Gasteiger partial charge on any atom is -0.398 e. The number of halogens is 1. The smallest absolute Gasteiger partial charge is 0.235 e. The van der Waals surface area contributed by atoms with Crippen LogP contribution in [0.15, 0.2) is 23.1 Å². The monoisotopic (exact) mass is 298 g/mol. The first-order valence-electron chi connectivity index (χ1n) is 6.79. The van der Waals surface area contributed by atoms with Gasteiger partial charge in [0.05, 0.1) is 15.7 Å². The Hall–Kier alpha value is -1.43. The highest BCUT2D eigenvalue weighted by Gasteiger charge is 2.20. The van der Waals surface area contributed by atoms with Crippen LogP contribution in [0.4, 0.5) is 10.1 Å². The van der Waals surface area contributed by atoms with Crippen LogP contribution in [0, 0.1) is 5.82 Å². The van der Waals surface area contributed by atoms with E-state index in [0.29, 0.717) is 13.1 Å². The Morgan fingerprint density at radius 2 is 1.90 bits per heavy atom. The van der Waals surface area contributed by atoms with E-state index in [2.05, 4.69) is 0 Å². The van der Waals surface area contributed by atoms with Gasteiger partial charge in [-0.15, -0.1) is 0 Å².